The van der Waals surface area contributed by atoms with Crippen LogP contribution in [0, 0.1) is 0 Å². The summed E-state index contributed by atoms with van der Waals surface area (Å²) >= 11 is 0. The lowest BCUT2D eigenvalue weighted by Crippen LogP contribution is -2.71. The van der Waals surface area contributed by atoms with E-state index in [-0.39, 0.29) is 12.3 Å². The lowest BCUT2D eigenvalue weighted by molar-refractivity contribution is -0.180. The number of likely N-dealkylation sites (N-methyl/N-ethyl adjacent to an activating group) is 1. The van der Waals surface area contributed by atoms with Crippen LogP contribution in [0.2, 0.25) is 0 Å². The van der Waals surface area contributed by atoms with E-state index >= 15 is 0 Å². The lowest BCUT2D eigenvalue weighted by atomic mass is 10.0. The van der Waals surface area contributed by atoms with Crippen LogP contribution >= 0.6 is 0 Å². The van der Waals surface area contributed by atoms with E-state index < -0.39 is 29.2 Å². The first-order valence-electron chi connectivity index (χ1n) is 6.37. The Labute approximate surface area is 118 Å². The van der Waals surface area contributed by atoms with Crippen molar-refractivity contribution in [3.63, 3.8) is 0 Å². The van der Waals surface area contributed by atoms with Crippen molar-refractivity contribution in [1.29, 1.82) is 0 Å². The minimum atomic E-state index is -1.40. The second-order valence-corrected chi connectivity index (χ2v) is 5.95. The second-order valence-electron chi connectivity index (χ2n) is 5.95. The molecular weight excluding hydrogens is 264 g/mol. The van der Waals surface area contributed by atoms with Crippen LogP contribution < -0.4 is 5.32 Å². The van der Waals surface area contributed by atoms with Gasteiger partial charge in [0.05, 0.1) is 13.5 Å². The fourth-order valence-electron chi connectivity index (χ4n) is 1.91. The van der Waals surface area contributed by atoms with Gasteiger partial charge >= 0.3 is 11.9 Å². The first-order chi connectivity index (χ1) is 9.01. The Morgan fingerprint density at radius 3 is 2.40 bits per heavy atom. The van der Waals surface area contributed by atoms with Crippen LogP contribution in [0.25, 0.3) is 0 Å². The molecule has 114 valence electrons. The van der Waals surface area contributed by atoms with Gasteiger partial charge < -0.3 is 14.4 Å². The third-order valence-electron chi connectivity index (χ3n) is 3.16. The van der Waals surface area contributed by atoms with Gasteiger partial charge in [0, 0.05) is 7.05 Å². The predicted molar refractivity (Wildman–Crippen MR) is 70.6 cm³/mol. The molecule has 1 aliphatic rings. The minimum Gasteiger partial charge on any atom is -0.468 e. The molecule has 1 rings (SSSR count). The molecule has 20 heavy (non-hydrogen) atoms. The van der Waals surface area contributed by atoms with Crippen LogP contribution in [0.3, 0.4) is 0 Å². The van der Waals surface area contributed by atoms with Gasteiger partial charge in [-0.25, -0.2) is 4.79 Å². The molecule has 1 aliphatic heterocycles. The van der Waals surface area contributed by atoms with Crippen molar-refractivity contribution in [3.8, 4) is 0 Å². The van der Waals surface area contributed by atoms with E-state index in [9.17, 15) is 14.4 Å². The summed E-state index contributed by atoms with van der Waals surface area (Å²) in [7, 11) is 2.73. The van der Waals surface area contributed by atoms with Gasteiger partial charge in [-0.15, -0.1) is 0 Å². The van der Waals surface area contributed by atoms with E-state index in [0.717, 1.165) is 0 Å². The summed E-state index contributed by atoms with van der Waals surface area (Å²) in [5.74, 6) is -1.52. The molecule has 1 heterocycles. The number of amides is 1. The number of methoxy groups -OCH3 is 1. The smallest absolute Gasteiger partial charge is 0.347 e. The molecule has 7 nitrogen and oxygen atoms in total. The molecule has 0 aromatic heterocycles. The number of esters is 2. The van der Waals surface area contributed by atoms with Crippen LogP contribution in [0.15, 0.2) is 0 Å². The molecule has 0 aliphatic carbocycles. The SMILES string of the molecule is COC(=O)C1CC(=O)N(C)[C@@](C)(C(=O)OC(C)(C)C)N1. The van der Waals surface area contributed by atoms with Crippen molar-refractivity contribution >= 4 is 17.8 Å². The van der Waals surface area contributed by atoms with E-state index in [1.165, 1.54) is 26.0 Å². The normalized spacial score (nSPS) is 27.2. The first kappa shape index (κ1) is 16.4. The molecule has 0 aromatic rings. The maximum atomic E-state index is 12.3. The molecule has 1 unspecified atom stereocenters. The van der Waals surface area contributed by atoms with Crippen LogP contribution in [0.1, 0.15) is 34.1 Å². The fourth-order valence-corrected chi connectivity index (χ4v) is 1.91. The number of carbonyl (C=O) groups excluding carboxylic acids is 3. The number of nitrogens with one attached hydrogen (secondary N) is 1. The van der Waals surface area contributed by atoms with Crippen molar-refractivity contribution in [1.82, 2.24) is 10.2 Å². The fraction of sp³-hybridized carbons (Fsp3) is 0.769. The molecule has 1 fully saturated rings. The first-order valence-corrected chi connectivity index (χ1v) is 6.37. The van der Waals surface area contributed by atoms with Crippen LogP contribution in [0.5, 0.6) is 0 Å². The monoisotopic (exact) mass is 286 g/mol. The Hall–Kier alpha value is -1.63. The number of carbonyl (C=O) groups is 3. The maximum Gasteiger partial charge on any atom is 0.347 e. The van der Waals surface area contributed by atoms with Gasteiger partial charge in [0.1, 0.15) is 11.6 Å². The molecule has 0 aromatic carbocycles. The highest BCUT2D eigenvalue weighted by molar-refractivity contribution is 5.93. The lowest BCUT2D eigenvalue weighted by Gasteiger charge is -2.44. The van der Waals surface area contributed by atoms with Gasteiger partial charge in [-0.3, -0.25) is 14.9 Å². The third kappa shape index (κ3) is 3.27. The molecule has 0 bridgehead atoms. The Kier molecular flexibility index (Phi) is 4.43. The third-order valence-corrected chi connectivity index (χ3v) is 3.16. The average molecular weight is 286 g/mol. The number of hydrogen-bond donors (Lipinski definition) is 1. The van der Waals surface area contributed by atoms with Crippen LogP contribution in [0.4, 0.5) is 0 Å². The van der Waals surface area contributed by atoms with E-state index in [1.807, 2.05) is 0 Å². The summed E-state index contributed by atoms with van der Waals surface area (Å²) in [5, 5.41) is 2.84. The largest absolute Gasteiger partial charge is 0.468 e. The van der Waals surface area contributed by atoms with Crippen molar-refractivity contribution < 1.29 is 23.9 Å². The highest BCUT2D eigenvalue weighted by Crippen LogP contribution is 2.23. The Bertz CT molecular complexity index is 429. The molecule has 2 atom stereocenters. The van der Waals surface area contributed by atoms with Crippen LogP contribution in [-0.4, -0.2) is 54.2 Å². The standard InChI is InChI=1S/C13H22N2O5/c1-12(2,3)20-11(18)13(4)14-8(10(17)19-6)7-9(16)15(13)5/h8,14H,7H2,1-6H3/t8?,13-/m0/s1. The summed E-state index contributed by atoms with van der Waals surface area (Å²) in [5.41, 5.74) is -2.09. The molecular formula is C13H22N2O5. The molecule has 0 spiro atoms. The minimum absolute atomic E-state index is 0.0540. The Morgan fingerprint density at radius 2 is 1.95 bits per heavy atom. The molecule has 7 heteroatoms. The van der Waals surface area contributed by atoms with Gasteiger partial charge in [0.15, 0.2) is 5.66 Å². The highest BCUT2D eigenvalue weighted by atomic mass is 16.6. The zero-order valence-corrected chi connectivity index (χ0v) is 12.8. The second kappa shape index (κ2) is 5.40. The zero-order chi connectivity index (χ0) is 15.7. The summed E-state index contributed by atoms with van der Waals surface area (Å²) in [6.07, 6.45) is -0.0540. The van der Waals surface area contributed by atoms with Crippen molar-refractivity contribution in [2.45, 2.75) is 51.4 Å². The molecule has 0 radical (unpaired) electrons. The topological polar surface area (TPSA) is 84.9 Å². The summed E-state index contributed by atoms with van der Waals surface area (Å²) < 4.78 is 9.94. The number of nitrogens with zero attached hydrogens (tertiary/aromatic N) is 1. The van der Waals surface area contributed by atoms with Gasteiger partial charge in [-0.1, -0.05) is 0 Å². The van der Waals surface area contributed by atoms with Crippen molar-refractivity contribution in [2.24, 2.45) is 0 Å². The van der Waals surface area contributed by atoms with Gasteiger partial charge in [-0.05, 0) is 27.7 Å². The Morgan fingerprint density at radius 1 is 1.40 bits per heavy atom. The van der Waals surface area contributed by atoms with Gasteiger partial charge in [0.25, 0.3) is 0 Å². The van der Waals surface area contributed by atoms with E-state index in [1.54, 1.807) is 20.8 Å². The van der Waals surface area contributed by atoms with Crippen LogP contribution in [-0.2, 0) is 23.9 Å². The van der Waals surface area contributed by atoms with E-state index in [4.69, 9.17) is 4.74 Å². The van der Waals surface area contributed by atoms with E-state index in [0.29, 0.717) is 0 Å². The van der Waals surface area contributed by atoms with Gasteiger partial charge in [0.2, 0.25) is 5.91 Å². The Balaban J connectivity index is 3.01. The molecule has 1 N–H and O–H groups in total. The highest BCUT2D eigenvalue weighted by Gasteiger charge is 2.50. The molecule has 1 amide bonds. The average Bonchev–Trinajstić information content (AvgIpc) is 2.32. The number of rotatable bonds is 2. The summed E-state index contributed by atoms with van der Waals surface area (Å²) in [6.45, 7) is 6.71. The number of ether oxygens (including phenoxy) is 2. The number of hydrogen-bond acceptors (Lipinski definition) is 6. The summed E-state index contributed by atoms with van der Waals surface area (Å²) in [4.78, 5) is 37.2. The van der Waals surface area contributed by atoms with Crippen molar-refractivity contribution in [2.75, 3.05) is 14.2 Å². The van der Waals surface area contributed by atoms with Crippen molar-refractivity contribution in [3.05, 3.63) is 0 Å². The quantitative estimate of drug-likeness (QED) is 0.721. The van der Waals surface area contributed by atoms with E-state index in [2.05, 4.69) is 10.1 Å². The maximum absolute atomic E-state index is 12.3. The molecule has 0 saturated carbocycles. The predicted octanol–water partition coefficient (Wildman–Crippen LogP) is 0.0376. The summed E-state index contributed by atoms with van der Waals surface area (Å²) in [6, 6.07) is -0.860. The molecule has 1 saturated heterocycles. The van der Waals surface area contributed by atoms with Gasteiger partial charge in [-0.2, -0.15) is 0 Å². The zero-order valence-electron chi connectivity index (χ0n) is 12.8.